The van der Waals surface area contributed by atoms with Gasteiger partial charge in [-0.3, -0.25) is 9.59 Å². The molecule has 3 nitrogen and oxygen atoms in total. The number of carbonyl (C=O) groups excluding carboxylic acids is 2. The molecule has 1 heterocycles. The van der Waals surface area contributed by atoms with Crippen LogP contribution in [0.3, 0.4) is 0 Å². The van der Waals surface area contributed by atoms with Crippen molar-refractivity contribution >= 4 is 11.6 Å². The van der Waals surface area contributed by atoms with Crippen molar-refractivity contribution in [1.29, 1.82) is 0 Å². The second kappa shape index (κ2) is 6.73. The van der Waals surface area contributed by atoms with Crippen LogP contribution in [-0.2, 0) is 12.0 Å². The van der Waals surface area contributed by atoms with Gasteiger partial charge in [0.25, 0.3) is 0 Å². The zero-order valence-corrected chi connectivity index (χ0v) is 15.0. The van der Waals surface area contributed by atoms with Crippen molar-refractivity contribution < 1.29 is 31.1 Å². The second-order valence-electron chi connectivity index (χ2n) is 6.02. The normalized spacial score (nSPS) is 14.7. The lowest BCUT2D eigenvalue weighted by atomic mass is 9.75. The van der Waals surface area contributed by atoms with Crippen LogP contribution in [0.25, 0.3) is 0 Å². The van der Waals surface area contributed by atoms with Crippen LogP contribution in [0.15, 0.2) is 85.2 Å². The fourth-order valence-corrected chi connectivity index (χ4v) is 3.48. The lowest BCUT2D eigenvalue weighted by Crippen LogP contribution is -3.00. The minimum Gasteiger partial charge on any atom is -1.00 e. The molecule has 2 aromatic carbocycles. The summed E-state index contributed by atoms with van der Waals surface area (Å²) in [6, 6.07) is 22.2. The summed E-state index contributed by atoms with van der Waals surface area (Å²) in [7, 11) is 0. The fraction of sp³-hybridized carbons (Fsp3) is 0.0952. The molecule has 4 rings (SSSR count). The molecule has 0 spiro atoms. The number of fused-ring (bicyclic) bond motifs is 1. The molecule has 4 heteroatoms. The van der Waals surface area contributed by atoms with Crippen LogP contribution >= 0.6 is 0 Å². The quantitative estimate of drug-likeness (QED) is 0.463. The molecule has 0 atom stereocenters. The van der Waals surface area contributed by atoms with Gasteiger partial charge in [-0.05, 0) is 5.56 Å². The number of pyridine rings is 1. The molecule has 25 heavy (non-hydrogen) atoms. The van der Waals surface area contributed by atoms with Crippen LogP contribution in [-0.4, -0.2) is 11.6 Å². The number of halogens is 1. The van der Waals surface area contributed by atoms with Crippen LogP contribution in [0.2, 0.25) is 0 Å². The van der Waals surface area contributed by atoms with Crippen molar-refractivity contribution in [3.63, 3.8) is 0 Å². The molecular formula is C21H16BrNO2. The smallest absolute Gasteiger partial charge is 0.188 e. The van der Waals surface area contributed by atoms with Gasteiger partial charge in [0.1, 0.15) is 0 Å². The van der Waals surface area contributed by atoms with E-state index in [1.807, 2.05) is 65.5 Å². The summed E-state index contributed by atoms with van der Waals surface area (Å²) >= 11 is 0. The van der Waals surface area contributed by atoms with Crippen LogP contribution < -0.4 is 21.5 Å². The van der Waals surface area contributed by atoms with Crippen LogP contribution in [0.1, 0.15) is 26.3 Å². The molecule has 0 amide bonds. The topological polar surface area (TPSA) is 38.0 Å². The van der Waals surface area contributed by atoms with Gasteiger partial charge >= 0.3 is 0 Å². The minimum atomic E-state index is -1.20. The van der Waals surface area contributed by atoms with E-state index in [4.69, 9.17) is 0 Å². The Bertz CT molecular complexity index is 888. The van der Waals surface area contributed by atoms with Gasteiger partial charge in [-0.25, -0.2) is 4.57 Å². The molecule has 1 aliphatic carbocycles. The molecule has 124 valence electrons. The fourth-order valence-electron chi connectivity index (χ4n) is 3.48. The van der Waals surface area contributed by atoms with Gasteiger partial charge in [0.15, 0.2) is 35.9 Å². The highest BCUT2D eigenvalue weighted by atomic mass is 79.9. The average molecular weight is 394 g/mol. The molecule has 0 fully saturated rings. The predicted molar refractivity (Wildman–Crippen MR) is 89.9 cm³/mol. The third-order valence-electron chi connectivity index (χ3n) is 4.66. The SMILES string of the molecule is O=C1c2ccccc2C(=O)C1(C[n+]1ccccc1)c1ccccc1.[Br-]. The summed E-state index contributed by atoms with van der Waals surface area (Å²) in [5, 5.41) is 0. The number of Topliss-reactive ketones (excluding diaryl/α,β-unsaturated/α-hetero) is 2. The molecule has 0 N–H and O–H groups in total. The number of rotatable bonds is 3. The molecule has 0 saturated heterocycles. The van der Waals surface area contributed by atoms with E-state index >= 15 is 0 Å². The minimum absolute atomic E-state index is 0. The van der Waals surface area contributed by atoms with Crippen molar-refractivity contribution in [2.75, 3.05) is 0 Å². The van der Waals surface area contributed by atoms with E-state index in [1.54, 1.807) is 24.3 Å². The number of benzene rings is 2. The number of aromatic nitrogens is 1. The average Bonchev–Trinajstić information content (AvgIpc) is 2.86. The van der Waals surface area contributed by atoms with Gasteiger partial charge in [-0.2, -0.15) is 0 Å². The first-order chi connectivity index (χ1) is 11.7. The molecule has 0 radical (unpaired) electrons. The first kappa shape index (κ1) is 17.2. The second-order valence-corrected chi connectivity index (χ2v) is 6.02. The lowest BCUT2D eigenvalue weighted by molar-refractivity contribution is -0.700. The number of hydrogen-bond donors (Lipinski definition) is 0. The predicted octanol–water partition coefficient (Wildman–Crippen LogP) is -0.00470. The Morgan fingerprint density at radius 1 is 0.680 bits per heavy atom. The summed E-state index contributed by atoms with van der Waals surface area (Å²) in [5.41, 5.74) is 0.579. The third-order valence-corrected chi connectivity index (χ3v) is 4.66. The zero-order chi connectivity index (χ0) is 16.6. The van der Waals surface area contributed by atoms with Crippen LogP contribution in [0, 0.1) is 0 Å². The van der Waals surface area contributed by atoms with Crippen LogP contribution in [0.4, 0.5) is 0 Å². The van der Waals surface area contributed by atoms with E-state index in [0.29, 0.717) is 17.7 Å². The molecule has 0 aliphatic heterocycles. The zero-order valence-electron chi connectivity index (χ0n) is 13.4. The maximum absolute atomic E-state index is 13.3. The summed E-state index contributed by atoms with van der Waals surface area (Å²) in [6.07, 6.45) is 3.77. The highest BCUT2D eigenvalue weighted by Gasteiger charge is 2.56. The summed E-state index contributed by atoms with van der Waals surface area (Å²) < 4.78 is 1.90. The summed E-state index contributed by atoms with van der Waals surface area (Å²) in [5.74, 6) is -0.240. The number of carbonyl (C=O) groups is 2. The van der Waals surface area contributed by atoms with Gasteiger partial charge in [-0.1, -0.05) is 60.7 Å². The van der Waals surface area contributed by atoms with Gasteiger partial charge < -0.3 is 17.0 Å². The standard InChI is InChI=1S/C21H16NO2.BrH/c23-19-17-11-5-6-12-18(17)20(24)21(19,16-9-3-1-4-10-16)15-22-13-7-2-8-14-22;/h1-14H,15H2;1H/q+1;/p-1. The Labute approximate surface area is 156 Å². The highest BCUT2D eigenvalue weighted by Crippen LogP contribution is 2.40. The molecule has 0 saturated carbocycles. The maximum atomic E-state index is 13.3. The van der Waals surface area contributed by atoms with Crippen molar-refractivity contribution in [3.8, 4) is 0 Å². The van der Waals surface area contributed by atoms with Crippen molar-refractivity contribution in [1.82, 2.24) is 0 Å². The summed E-state index contributed by atoms with van der Waals surface area (Å²) in [4.78, 5) is 26.6. The van der Waals surface area contributed by atoms with E-state index in [9.17, 15) is 9.59 Å². The lowest BCUT2D eigenvalue weighted by Gasteiger charge is -2.23. The monoisotopic (exact) mass is 393 g/mol. The van der Waals surface area contributed by atoms with Gasteiger partial charge in [-0.15, -0.1) is 0 Å². The van der Waals surface area contributed by atoms with E-state index in [1.165, 1.54) is 0 Å². The number of hydrogen-bond acceptors (Lipinski definition) is 2. The molecule has 0 bridgehead atoms. The van der Waals surface area contributed by atoms with Gasteiger partial charge in [0, 0.05) is 23.3 Å². The van der Waals surface area contributed by atoms with Crippen molar-refractivity contribution in [3.05, 3.63) is 102 Å². The van der Waals surface area contributed by atoms with E-state index in [-0.39, 0.29) is 28.5 Å². The third kappa shape index (κ3) is 2.63. The van der Waals surface area contributed by atoms with E-state index < -0.39 is 5.41 Å². The number of nitrogens with zero attached hydrogens (tertiary/aromatic N) is 1. The first-order valence-electron chi connectivity index (χ1n) is 7.92. The Morgan fingerprint density at radius 3 is 1.72 bits per heavy atom. The van der Waals surface area contributed by atoms with E-state index in [0.717, 1.165) is 5.56 Å². The largest absolute Gasteiger partial charge is 1.00 e. The van der Waals surface area contributed by atoms with Gasteiger partial charge in [0.2, 0.25) is 0 Å². The molecule has 1 aliphatic rings. The Hall–Kier alpha value is -2.59. The Kier molecular flexibility index (Phi) is 4.64. The first-order valence-corrected chi connectivity index (χ1v) is 7.92. The summed E-state index contributed by atoms with van der Waals surface area (Å²) in [6.45, 7) is 0.296. The van der Waals surface area contributed by atoms with E-state index in [2.05, 4.69) is 0 Å². The molecule has 0 unspecified atom stereocenters. The van der Waals surface area contributed by atoms with Gasteiger partial charge in [0.05, 0.1) is 0 Å². The maximum Gasteiger partial charge on any atom is 0.188 e. The highest BCUT2D eigenvalue weighted by molar-refractivity contribution is 6.33. The van der Waals surface area contributed by atoms with Crippen molar-refractivity contribution in [2.45, 2.75) is 12.0 Å². The van der Waals surface area contributed by atoms with Crippen molar-refractivity contribution in [2.24, 2.45) is 0 Å². The molecule has 3 aromatic rings. The Balaban J connectivity index is 0.00000182. The molecule has 1 aromatic heterocycles. The van der Waals surface area contributed by atoms with Crippen LogP contribution in [0.5, 0.6) is 0 Å². The Morgan fingerprint density at radius 2 is 1.16 bits per heavy atom. The molecular weight excluding hydrogens is 378 g/mol. The number of ketones is 2.